The number of hydrogen-bond donors (Lipinski definition) is 1. The van der Waals surface area contributed by atoms with Crippen molar-refractivity contribution >= 4 is 11.9 Å². The largest absolute Gasteiger partial charge is 0.481 e. The van der Waals surface area contributed by atoms with E-state index in [-0.39, 0.29) is 12.3 Å². The molecule has 0 radical (unpaired) electrons. The summed E-state index contributed by atoms with van der Waals surface area (Å²) >= 11 is 0. The summed E-state index contributed by atoms with van der Waals surface area (Å²) in [5, 5.41) is 9.39. The molecule has 0 saturated heterocycles. The van der Waals surface area contributed by atoms with E-state index in [0.717, 1.165) is 19.3 Å². The third-order valence-corrected chi connectivity index (χ3v) is 5.71. The van der Waals surface area contributed by atoms with Gasteiger partial charge in [0.05, 0.1) is 5.92 Å². The van der Waals surface area contributed by atoms with Crippen molar-refractivity contribution in [2.45, 2.75) is 117 Å². The van der Waals surface area contributed by atoms with Crippen molar-refractivity contribution in [1.29, 1.82) is 0 Å². The number of aliphatic carboxylic acids is 1. The smallest absolute Gasteiger partial charge is 0.307 e. The Morgan fingerprint density at radius 3 is 1.69 bits per heavy atom. The number of hydrogen-bond acceptors (Lipinski definition) is 2. The maximum Gasteiger partial charge on any atom is 0.307 e. The fraction of sp³-hybridized carbons (Fsp3) is 0.840. The second-order valence-electron chi connectivity index (χ2n) is 8.15. The Labute approximate surface area is 180 Å². The van der Waals surface area contributed by atoms with Gasteiger partial charge in [0.2, 0.25) is 5.91 Å². The molecule has 0 aromatic rings. The molecule has 4 heteroatoms. The van der Waals surface area contributed by atoms with Crippen LogP contribution in [-0.2, 0) is 9.59 Å². The molecule has 1 N–H and O–H groups in total. The Kier molecular flexibility index (Phi) is 19.1. The van der Waals surface area contributed by atoms with E-state index in [1.165, 1.54) is 64.2 Å². The first-order valence-electron chi connectivity index (χ1n) is 12.2. The maximum atomic E-state index is 12.1. The van der Waals surface area contributed by atoms with Crippen molar-refractivity contribution < 1.29 is 14.7 Å². The molecule has 0 saturated carbocycles. The van der Waals surface area contributed by atoms with Crippen molar-refractivity contribution in [2.24, 2.45) is 5.92 Å². The monoisotopic (exact) mass is 409 g/mol. The molecule has 0 heterocycles. The lowest BCUT2D eigenvalue weighted by Gasteiger charge is -2.21. The zero-order valence-corrected chi connectivity index (χ0v) is 19.5. The van der Waals surface area contributed by atoms with Crippen LogP contribution in [0, 0.1) is 5.92 Å². The number of carboxylic acids is 1. The molecule has 1 unspecified atom stereocenters. The van der Waals surface area contributed by atoms with E-state index in [9.17, 15) is 14.7 Å². The Morgan fingerprint density at radius 2 is 1.24 bits per heavy atom. The summed E-state index contributed by atoms with van der Waals surface area (Å²) in [7, 11) is 0. The first-order valence-corrected chi connectivity index (χ1v) is 12.2. The van der Waals surface area contributed by atoms with E-state index >= 15 is 0 Å². The first-order chi connectivity index (χ1) is 14.1. The summed E-state index contributed by atoms with van der Waals surface area (Å²) in [5.74, 6) is -1.38. The van der Waals surface area contributed by atoms with Gasteiger partial charge in [-0.05, 0) is 39.5 Å². The number of allylic oxidation sites excluding steroid dienone is 2. The van der Waals surface area contributed by atoms with Crippen LogP contribution in [0.25, 0.3) is 0 Å². The SMILES string of the molecule is CC/C=C/CCCCCCCCCCCCCC(CC(=O)N(CC)CC)C(=O)O. The predicted molar refractivity (Wildman–Crippen MR) is 123 cm³/mol. The van der Waals surface area contributed by atoms with Gasteiger partial charge in [-0.1, -0.05) is 83.3 Å². The molecule has 0 rings (SSSR count). The summed E-state index contributed by atoms with van der Waals surface area (Å²) in [6.45, 7) is 7.35. The second-order valence-corrected chi connectivity index (χ2v) is 8.15. The number of carbonyl (C=O) groups is 2. The van der Waals surface area contributed by atoms with Crippen LogP contribution < -0.4 is 0 Å². The van der Waals surface area contributed by atoms with Crippen molar-refractivity contribution in [3.8, 4) is 0 Å². The van der Waals surface area contributed by atoms with Crippen molar-refractivity contribution in [1.82, 2.24) is 4.90 Å². The van der Waals surface area contributed by atoms with E-state index in [1.54, 1.807) is 4.90 Å². The normalized spacial score (nSPS) is 12.4. The lowest BCUT2D eigenvalue weighted by Crippen LogP contribution is -2.33. The molecule has 0 aromatic carbocycles. The van der Waals surface area contributed by atoms with Crippen LogP contribution in [0.4, 0.5) is 0 Å². The molecular formula is C25H47NO3. The van der Waals surface area contributed by atoms with Gasteiger partial charge in [-0.2, -0.15) is 0 Å². The summed E-state index contributed by atoms with van der Waals surface area (Å²) in [5.41, 5.74) is 0. The summed E-state index contributed by atoms with van der Waals surface area (Å²) < 4.78 is 0. The molecule has 1 atom stereocenters. The number of carboxylic acid groups (broad SMARTS) is 1. The van der Waals surface area contributed by atoms with Gasteiger partial charge in [-0.15, -0.1) is 0 Å². The van der Waals surface area contributed by atoms with E-state index in [0.29, 0.717) is 19.5 Å². The molecular weight excluding hydrogens is 362 g/mol. The molecule has 0 aliphatic carbocycles. The molecule has 0 aliphatic rings. The molecule has 0 fully saturated rings. The highest BCUT2D eigenvalue weighted by atomic mass is 16.4. The van der Waals surface area contributed by atoms with Crippen LogP contribution in [0.1, 0.15) is 117 Å². The van der Waals surface area contributed by atoms with Crippen LogP contribution >= 0.6 is 0 Å². The molecule has 170 valence electrons. The number of rotatable bonds is 20. The fourth-order valence-electron chi connectivity index (χ4n) is 3.76. The third kappa shape index (κ3) is 16.2. The van der Waals surface area contributed by atoms with Gasteiger partial charge in [-0.3, -0.25) is 9.59 Å². The van der Waals surface area contributed by atoms with Gasteiger partial charge in [0.1, 0.15) is 0 Å². The molecule has 0 aliphatic heterocycles. The Morgan fingerprint density at radius 1 is 0.759 bits per heavy atom. The molecule has 0 aromatic heterocycles. The van der Waals surface area contributed by atoms with Gasteiger partial charge in [0.15, 0.2) is 0 Å². The lowest BCUT2D eigenvalue weighted by molar-refractivity contribution is -0.146. The molecule has 0 bridgehead atoms. The zero-order chi connectivity index (χ0) is 21.7. The average Bonchev–Trinajstić information content (AvgIpc) is 2.70. The molecule has 1 amide bonds. The van der Waals surface area contributed by atoms with Crippen LogP contribution in [-0.4, -0.2) is 35.0 Å². The van der Waals surface area contributed by atoms with Gasteiger partial charge in [-0.25, -0.2) is 0 Å². The number of unbranched alkanes of at least 4 members (excludes halogenated alkanes) is 11. The lowest BCUT2D eigenvalue weighted by atomic mass is 9.96. The predicted octanol–water partition coefficient (Wildman–Crippen LogP) is 6.98. The van der Waals surface area contributed by atoms with Crippen molar-refractivity contribution in [2.75, 3.05) is 13.1 Å². The quantitative estimate of drug-likeness (QED) is 0.174. The van der Waals surface area contributed by atoms with Crippen LogP contribution in [0.3, 0.4) is 0 Å². The zero-order valence-electron chi connectivity index (χ0n) is 19.5. The Bertz CT molecular complexity index is 430. The van der Waals surface area contributed by atoms with Gasteiger partial charge < -0.3 is 10.0 Å². The molecule has 29 heavy (non-hydrogen) atoms. The average molecular weight is 410 g/mol. The maximum absolute atomic E-state index is 12.1. The topological polar surface area (TPSA) is 57.6 Å². The van der Waals surface area contributed by atoms with Crippen LogP contribution in [0.15, 0.2) is 12.2 Å². The van der Waals surface area contributed by atoms with Gasteiger partial charge in [0.25, 0.3) is 0 Å². The summed E-state index contributed by atoms with van der Waals surface area (Å²) in [6.07, 6.45) is 21.5. The standard InChI is InChI=1S/C25H47NO3/c1-4-7-8-9-10-11-12-13-14-15-16-17-18-19-20-21-23(25(28)29)22-24(27)26(5-2)6-3/h7-8,23H,4-6,9-22H2,1-3H3,(H,28,29)/b8-7+. The Balaban J connectivity index is 3.60. The number of carbonyl (C=O) groups excluding carboxylic acids is 1. The van der Waals surface area contributed by atoms with E-state index in [1.807, 2.05) is 13.8 Å². The van der Waals surface area contributed by atoms with Crippen molar-refractivity contribution in [3.63, 3.8) is 0 Å². The number of amides is 1. The summed E-state index contributed by atoms with van der Waals surface area (Å²) in [4.78, 5) is 25.3. The van der Waals surface area contributed by atoms with E-state index in [4.69, 9.17) is 0 Å². The minimum absolute atomic E-state index is 0.0279. The minimum atomic E-state index is -0.827. The number of nitrogens with zero attached hydrogens (tertiary/aromatic N) is 1. The highest BCUT2D eigenvalue weighted by molar-refractivity contribution is 5.82. The third-order valence-electron chi connectivity index (χ3n) is 5.71. The van der Waals surface area contributed by atoms with Crippen LogP contribution in [0.2, 0.25) is 0 Å². The van der Waals surface area contributed by atoms with E-state index in [2.05, 4.69) is 19.1 Å². The fourth-order valence-corrected chi connectivity index (χ4v) is 3.76. The molecule has 4 nitrogen and oxygen atoms in total. The van der Waals surface area contributed by atoms with Crippen LogP contribution in [0.5, 0.6) is 0 Å². The minimum Gasteiger partial charge on any atom is -0.481 e. The summed E-state index contributed by atoms with van der Waals surface area (Å²) in [6, 6.07) is 0. The van der Waals surface area contributed by atoms with E-state index < -0.39 is 11.9 Å². The first kappa shape index (κ1) is 27.7. The van der Waals surface area contributed by atoms with Crippen molar-refractivity contribution in [3.05, 3.63) is 12.2 Å². The van der Waals surface area contributed by atoms with Gasteiger partial charge >= 0.3 is 5.97 Å². The van der Waals surface area contributed by atoms with Gasteiger partial charge in [0, 0.05) is 19.5 Å². The molecule has 0 spiro atoms. The highest BCUT2D eigenvalue weighted by Crippen LogP contribution is 2.18. The second kappa shape index (κ2) is 20.0. The Hall–Kier alpha value is -1.32. The highest BCUT2D eigenvalue weighted by Gasteiger charge is 2.22.